The number of hydrogen-bond donors (Lipinski definition) is 1. The highest BCUT2D eigenvalue weighted by Crippen LogP contribution is 2.30. The Labute approximate surface area is 187 Å². The molecule has 0 saturated carbocycles. The zero-order valence-electron chi connectivity index (χ0n) is 18.1. The van der Waals surface area contributed by atoms with Gasteiger partial charge in [-0.1, -0.05) is 18.5 Å². The summed E-state index contributed by atoms with van der Waals surface area (Å²) in [5.41, 5.74) is 6.75. The molecule has 0 radical (unpaired) electrons. The molecule has 1 N–H and O–H groups in total. The van der Waals surface area contributed by atoms with Gasteiger partial charge in [-0.2, -0.15) is 5.10 Å². The number of hydrazone groups is 1. The molecule has 0 saturated heterocycles. The maximum absolute atomic E-state index is 12.4. The van der Waals surface area contributed by atoms with Gasteiger partial charge in [0.25, 0.3) is 5.91 Å². The number of nitrogens with zero attached hydrogens (tertiary/aromatic N) is 2. The summed E-state index contributed by atoms with van der Waals surface area (Å²) in [5, 5.41) is 4.75. The fourth-order valence-corrected chi connectivity index (χ4v) is 3.44. The fourth-order valence-electron chi connectivity index (χ4n) is 3.27. The maximum atomic E-state index is 12.4. The molecular weight excluding hydrogens is 414 g/mol. The highest BCUT2D eigenvalue weighted by Gasteiger charge is 2.14. The lowest BCUT2D eigenvalue weighted by molar-refractivity contribution is 0.0955. The summed E-state index contributed by atoms with van der Waals surface area (Å²) in [4.78, 5) is 12.4. The van der Waals surface area contributed by atoms with Crippen LogP contribution in [0.25, 0.3) is 5.69 Å². The number of nitrogens with one attached hydrogen (secondary N) is 1. The topological polar surface area (TPSA) is 64.8 Å². The lowest BCUT2D eigenvalue weighted by Crippen LogP contribution is -2.17. The predicted octanol–water partition coefficient (Wildman–Crippen LogP) is 5.31. The third kappa shape index (κ3) is 5.27. The lowest BCUT2D eigenvalue weighted by Gasteiger charge is -2.14. The van der Waals surface area contributed by atoms with Crippen LogP contribution in [-0.4, -0.2) is 30.4 Å². The zero-order valence-corrected chi connectivity index (χ0v) is 18.9. The molecule has 7 heteroatoms. The molecule has 0 atom stereocenters. The van der Waals surface area contributed by atoms with Crippen LogP contribution in [0.3, 0.4) is 0 Å². The second kappa shape index (κ2) is 10.2. The van der Waals surface area contributed by atoms with Crippen molar-refractivity contribution < 1.29 is 14.3 Å². The monoisotopic (exact) mass is 439 g/mol. The molecule has 0 bridgehead atoms. The number of halogens is 1. The number of carbonyl (C=O) groups is 1. The van der Waals surface area contributed by atoms with E-state index in [1.165, 1.54) is 0 Å². The van der Waals surface area contributed by atoms with Crippen LogP contribution in [0.2, 0.25) is 5.02 Å². The summed E-state index contributed by atoms with van der Waals surface area (Å²) in [6.45, 7) is 6.66. The molecule has 0 aliphatic rings. The molecule has 2 aromatic carbocycles. The second-order valence-corrected chi connectivity index (χ2v) is 7.49. The van der Waals surface area contributed by atoms with Gasteiger partial charge in [-0.3, -0.25) is 4.79 Å². The van der Waals surface area contributed by atoms with Crippen molar-refractivity contribution >= 4 is 23.7 Å². The van der Waals surface area contributed by atoms with Crippen molar-refractivity contribution in [1.29, 1.82) is 0 Å². The van der Waals surface area contributed by atoms with Gasteiger partial charge in [-0.25, -0.2) is 5.43 Å². The van der Waals surface area contributed by atoms with Crippen LogP contribution in [0.15, 0.2) is 53.6 Å². The van der Waals surface area contributed by atoms with Crippen LogP contribution >= 0.6 is 11.6 Å². The van der Waals surface area contributed by atoms with E-state index in [0.717, 1.165) is 34.8 Å². The van der Waals surface area contributed by atoms with E-state index in [0.29, 0.717) is 22.9 Å². The van der Waals surface area contributed by atoms with Crippen LogP contribution in [0.4, 0.5) is 0 Å². The van der Waals surface area contributed by atoms with Crippen molar-refractivity contribution in [3.63, 3.8) is 0 Å². The second-order valence-electron chi connectivity index (χ2n) is 7.05. The molecule has 0 aliphatic carbocycles. The summed E-state index contributed by atoms with van der Waals surface area (Å²) in [6, 6.07) is 14.5. The number of benzene rings is 2. The summed E-state index contributed by atoms with van der Waals surface area (Å²) >= 11 is 6.20. The zero-order chi connectivity index (χ0) is 22.4. The molecule has 0 unspecified atom stereocenters. The number of aryl methyl sites for hydroxylation is 1. The van der Waals surface area contributed by atoms with E-state index in [1.807, 2.05) is 43.5 Å². The highest BCUT2D eigenvalue weighted by atomic mass is 35.5. The number of carbonyl (C=O) groups excluding carboxylic acids is 1. The Balaban J connectivity index is 1.74. The molecular formula is C24H26ClN3O3. The Hall–Kier alpha value is -3.25. The van der Waals surface area contributed by atoms with Crippen LogP contribution < -0.4 is 14.9 Å². The lowest BCUT2D eigenvalue weighted by atomic mass is 10.2. The third-order valence-corrected chi connectivity index (χ3v) is 5.05. The normalized spacial score (nSPS) is 11.0. The molecule has 31 heavy (non-hydrogen) atoms. The SMILES string of the molecule is CCCOc1ccc(C(=O)N/N=C/c2cc(C)n(-c3cc(Cl)ccc3OC)c2C)cc1. The summed E-state index contributed by atoms with van der Waals surface area (Å²) in [6.07, 6.45) is 2.56. The van der Waals surface area contributed by atoms with E-state index in [9.17, 15) is 4.79 Å². The van der Waals surface area contributed by atoms with Gasteiger partial charge < -0.3 is 14.0 Å². The van der Waals surface area contributed by atoms with Crippen molar-refractivity contribution in [3.05, 3.63) is 76.1 Å². The van der Waals surface area contributed by atoms with E-state index >= 15 is 0 Å². The first-order chi connectivity index (χ1) is 14.9. The van der Waals surface area contributed by atoms with Crippen LogP contribution in [0.1, 0.15) is 40.7 Å². The van der Waals surface area contributed by atoms with Crippen LogP contribution in [0, 0.1) is 13.8 Å². The first kappa shape index (κ1) is 22.4. The van der Waals surface area contributed by atoms with Gasteiger partial charge in [0.15, 0.2) is 0 Å². The molecule has 1 heterocycles. The largest absolute Gasteiger partial charge is 0.495 e. The molecule has 162 valence electrons. The quantitative estimate of drug-likeness (QED) is 0.382. The number of amides is 1. The minimum Gasteiger partial charge on any atom is -0.495 e. The van der Waals surface area contributed by atoms with Crippen LogP contribution in [-0.2, 0) is 0 Å². The van der Waals surface area contributed by atoms with E-state index in [-0.39, 0.29) is 5.91 Å². The Morgan fingerprint density at radius 3 is 2.58 bits per heavy atom. The van der Waals surface area contributed by atoms with Crippen molar-refractivity contribution in [2.75, 3.05) is 13.7 Å². The minimum atomic E-state index is -0.288. The average molecular weight is 440 g/mol. The summed E-state index contributed by atoms with van der Waals surface area (Å²) in [7, 11) is 1.63. The van der Waals surface area contributed by atoms with E-state index in [2.05, 4.69) is 10.5 Å². The number of rotatable bonds is 8. The van der Waals surface area contributed by atoms with Gasteiger partial charge in [-0.05, 0) is 68.8 Å². The summed E-state index contributed by atoms with van der Waals surface area (Å²) < 4.78 is 13.1. The summed E-state index contributed by atoms with van der Waals surface area (Å²) in [5.74, 6) is 1.17. The first-order valence-electron chi connectivity index (χ1n) is 10.0. The van der Waals surface area contributed by atoms with E-state index < -0.39 is 0 Å². The third-order valence-electron chi connectivity index (χ3n) is 4.81. The molecule has 1 aromatic heterocycles. The number of aromatic nitrogens is 1. The molecule has 3 aromatic rings. The highest BCUT2D eigenvalue weighted by molar-refractivity contribution is 6.30. The van der Waals surface area contributed by atoms with Crippen molar-refractivity contribution in [1.82, 2.24) is 9.99 Å². The van der Waals surface area contributed by atoms with Crippen LogP contribution in [0.5, 0.6) is 11.5 Å². The van der Waals surface area contributed by atoms with Crippen molar-refractivity contribution in [2.45, 2.75) is 27.2 Å². The van der Waals surface area contributed by atoms with Gasteiger partial charge in [0.2, 0.25) is 0 Å². The predicted molar refractivity (Wildman–Crippen MR) is 124 cm³/mol. The van der Waals surface area contributed by atoms with Crippen molar-refractivity contribution in [3.8, 4) is 17.2 Å². The first-order valence-corrected chi connectivity index (χ1v) is 10.4. The van der Waals surface area contributed by atoms with Gasteiger partial charge in [0.1, 0.15) is 11.5 Å². The fraction of sp³-hybridized carbons (Fsp3) is 0.250. The van der Waals surface area contributed by atoms with Gasteiger partial charge in [-0.15, -0.1) is 0 Å². The van der Waals surface area contributed by atoms with E-state index in [4.69, 9.17) is 21.1 Å². The molecule has 0 aliphatic heterocycles. The van der Waals surface area contributed by atoms with Crippen molar-refractivity contribution in [2.24, 2.45) is 5.10 Å². The number of methoxy groups -OCH3 is 1. The van der Waals surface area contributed by atoms with Gasteiger partial charge in [0, 0.05) is 27.5 Å². The maximum Gasteiger partial charge on any atom is 0.271 e. The number of ether oxygens (including phenoxy) is 2. The smallest absolute Gasteiger partial charge is 0.271 e. The Kier molecular flexibility index (Phi) is 7.36. The standard InChI is InChI=1S/C24H26ClN3O3/c1-5-12-31-21-9-6-18(7-10-21)24(29)27-26-15-19-13-16(2)28(17(19)3)22-14-20(25)8-11-23(22)30-4/h6-11,13-15H,5,12H2,1-4H3,(H,27,29)/b26-15+. The Morgan fingerprint density at radius 1 is 1.16 bits per heavy atom. The van der Waals surface area contributed by atoms with E-state index in [1.54, 1.807) is 43.7 Å². The molecule has 6 nitrogen and oxygen atoms in total. The molecule has 0 fully saturated rings. The van der Waals surface area contributed by atoms with Gasteiger partial charge >= 0.3 is 0 Å². The Morgan fingerprint density at radius 2 is 1.90 bits per heavy atom. The Bertz CT molecular complexity index is 1090. The molecule has 3 rings (SSSR count). The minimum absolute atomic E-state index is 0.288. The molecule has 1 amide bonds. The van der Waals surface area contributed by atoms with Gasteiger partial charge in [0.05, 0.1) is 25.6 Å². The average Bonchev–Trinajstić information content (AvgIpc) is 3.05. The molecule has 0 spiro atoms. The number of hydrogen-bond acceptors (Lipinski definition) is 4.